The first-order chi connectivity index (χ1) is 7.65. The largest absolute Gasteiger partial charge is 0.378 e. The van der Waals surface area contributed by atoms with Gasteiger partial charge in [-0.05, 0) is 43.4 Å². The number of halogens is 2. The molecule has 1 nitrogen and oxygen atoms in total. The second-order valence-corrected chi connectivity index (χ2v) is 5.66. The van der Waals surface area contributed by atoms with Crippen molar-refractivity contribution in [2.75, 3.05) is 6.61 Å². The van der Waals surface area contributed by atoms with Crippen LogP contribution < -0.4 is 0 Å². The molecule has 3 unspecified atom stereocenters. The molecule has 88 valence electrons. The molecule has 3 atom stereocenters. The summed E-state index contributed by atoms with van der Waals surface area (Å²) >= 11 is 3.71. The van der Waals surface area contributed by atoms with E-state index in [9.17, 15) is 4.39 Å². The first kappa shape index (κ1) is 12.1. The van der Waals surface area contributed by atoms with Gasteiger partial charge in [0.05, 0.1) is 12.7 Å². The van der Waals surface area contributed by atoms with Crippen LogP contribution in [0.5, 0.6) is 0 Å². The number of benzene rings is 1. The summed E-state index contributed by atoms with van der Waals surface area (Å²) in [4.78, 5) is 0.419. The maximum absolute atomic E-state index is 12.7. The zero-order valence-electron chi connectivity index (χ0n) is 9.33. The summed E-state index contributed by atoms with van der Waals surface area (Å²) < 4.78 is 18.3. The molecule has 1 aliphatic rings. The number of hydrogen-bond acceptors (Lipinski definition) is 1. The SMILES string of the molecule is CC1CC(C(Br)Cc2ccc(F)cc2)CO1. The molecule has 1 aromatic rings. The minimum atomic E-state index is -0.173. The summed E-state index contributed by atoms with van der Waals surface area (Å²) in [5, 5.41) is 0. The van der Waals surface area contributed by atoms with Gasteiger partial charge in [0, 0.05) is 4.83 Å². The predicted octanol–water partition coefficient (Wildman–Crippen LogP) is 3.56. The van der Waals surface area contributed by atoms with E-state index in [1.54, 1.807) is 0 Å². The Hall–Kier alpha value is -0.410. The van der Waals surface area contributed by atoms with Gasteiger partial charge in [0.1, 0.15) is 5.82 Å². The molecule has 0 bridgehead atoms. The number of rotatable bonds is 3. The highest BCUT2D eigenvalue weighted by Crippen LogP contribution is 2.28. The van der Waals surface area contributed by atoms with Gasteiger partial charge in [0.25, 0.3) is 0 Å². The summed E-state index contributed by atoms with van der Waals surface area (Å²) in [6.07, 6.45) is 2.41. The van der Waals surface area contributed by atoms with Crippen molar-refractivity contribution in [3.05, 3.63) is 35.6 Å². The monoisotopic (exact) mass is 286 g/mol. The number of hydrogen-bond donors (Lipinski definition) is 0. The Balaban J connectivity index is 1.91. The highest BCUT2D eigenvalue weighted by Gasteiger charge is 2.27. The third-order valence-electron chi connectivity index (χ3n) is 3.08. The van der Waals surface area contributed by atoms with Crippen LogP contribution in [0.2, 0.25) is 0 Å². The van der Waals surface area contributed by atoms with E-state index < -0.39 is 0 Å². The molecule has 1 aliphatic heterocycles. The van der Waals surface area contributed by atoms with Gasteiger partial charge in [-0.2, -0.15) is 0 Å². The van der Waals surface area contributed by atoms with Crippen molar-refractivity contribution >= 4 is 15.9 Å². The molecule has 1 fully saturated rings. The van der Waals surface area contributed by atoms with Crippen LogP contribution in [0.25, 0.3) is 0 Å². The minimum absolute atomic E-state index is 0.173. The standard InChI is InChI=1S/C13H16BrFO/c1-9-6-11(8-16-9)13(14)7-10-2-4-12(15)5-3-10/h2-5,9,11,13H,6-8H2,1H3. The Labute approximate surface area is 104 Å². The fourth-order valence-corrected chi connectivity index (χ4v) is 2.86. The quantitative estimate of drug-likeness (QED) is 0.772. The fraction of sp³-hybridized carbons (Fsp3) is 0.538. The Morgan fingerprint density at radius 1 is 1.44 bits per heavy atom. The maximum Gasteiger partial charge on any atom is 0.123 e. The summed E-state index contributed by atoms with van der Waals surface area (Å²) in [6, 6.07) is 6.73. The molecule has 0 saturated carbocycles. The highest BCUT2D eigenvalue weighted by molar-refractivity contribution is 9.09. The summed E-state index contributed by atoms with van der Waals surface area (Å²) in [6.45, 7) is 2.94. The topological polar surface area (TPSA) is 9.23 Å². The zero-order chi connectivity index (χ0) is 11.5. The van der Waals surface area contributed by atoms with Crippen molar-refractivity contribution in [3.8, 4) is 0 Å². The molecule has 0 amide bonds. The van der Waals surface area contributed by atoms with Gasteiger partial charge in [-0.15, -0.1) is 0 Å². The number of ether oxygens (including phenoxy) is 1. The fourth-order valence-electron chi connectivity index (χ4n) is 2.11. The van der Waals surface area contributed by atoms with Crippen molar-refractivity contribution in [3.63, 3.8) is 0 Å². The van der Waals surface area contributed by atoms with Crippen LogP contribution in [0.15, 0.2) is 24.3 Å². The predicted molar refractivity (Wildman–Crippen MR) is 66.3 cm³/mol. The smallest absolute Gasteiger partial charge is 0.123 e. The molecule has 0 aromatic heterocycles. The molecule has 0 radical (unpaired) electrons. The first-order valence-electron chi connectivity index (χ1n) is 5.65. The van der Waals surface area contributed by atoms with Crippen LogP contribution in [-0.4, -0.2) is 17.5 Å². The lowest BCUT2D eigenvalue weighted by Gasteiger charge is -2.15. The van der Waals surface area contributed by atoms with Crippen molar-refractivity contribution in [1.29, 1.82) is 0 Å². The summed E-state index contributed by atoms with van der Waals surface area (Å²) in [5.41, 5.74) is 1.17. The molecule has 3 heteroatoms. The minimum Gasteiger partial charge on any atom is -0.378 e. The zero-order valence-corrected chi connectivity index (χ0v) is 10.9. The van der Waals surface area contributed by atoms with Gasteiger partial charge < -0.3 is 4.74 Å². The molecule has 2 rings (SSSR count). The second-order valence-electron chi connectivity index (χ2n) is 4.49. The van der Waals surface area contributed by atoms with E-state index >= 15 is 0 Å². The van der Waals surface area contributed by atoms with Crippen molar-refractivity contribution in [1.82, 2.24) is 0 Å². The second kappa shape index (κ2) is 5.28. The van der Waals surface area contributed by atoms with Crippen LogP contribution in [-0.2, 0) is 11.2 Å². The van der Waals surface area contributed by atoms with E-state index in [1.807, 2.05) is 12.1 Å². The average molecular weight is 287 g/mol. The molecule has 1 aromatic carbocycles. The molecular weight excluding hydrogens is 271 g/mol. The normalized spacial score (nSPS) is 26.9. The van der Waals surface area contributed by atoms with Crippen LogP contribution >= 0.6 is 15.9 Å². The van der Waals surface area contributed by atoms with E-state index in [-0.39, 0.29) is 5.82 Å². The summed E-state index contributed by atoms with van der Waals surface area (Å²) in [7, 11) is 0. The van der Waals surface area contributed by atoms with Crippen molar-refractivity contribution in [2.24, 2.45) is 5.92 Å². The van der Waals surface area contributed by atoms with Crippen LogP contribution in [0.3, 0.4) is 0 Å². The molecule has 0 spiro atoms. The molecule has 16 heavy (non-hydrogen) atoms. The number of alkyl halides is 1. The molecule has 0 N–H and O–H groups in total. The lowest BCUT2D eigenvalue weighted by atomic mass is 9.97. The van der Waals surface area contributed by atoms with Crippen LogP contribution in [0.1, 0.15) is 18.9 Å². The average Bonchev–Trinajstić information content (AvgIpc) is 2.68. The highest BCUT2D eigenvalue weighted by atomic mass is 79.9. The lowest BCUT2D eigenvalue weighted by molar-refractivity contribution is 0.120. The first-order valence-corrected chi connectivity index (χ1v) is 6.57. The van der Waals surface area contributed by atoms with Crippen LogP contribution in [0, 0.1) is 11.7 Å². The Bertz CT molecular complexity index is 338. The van der Waals surface area contributed by atoms with Crippen molar-refractivity contribution < 1.29 is 9.13 Å². The van der Waals surface area contributed by atoms with Gasteiger partial charge in [-0.1, -0.05) is 28.1 Å². The van der Waals surface area contributed by atoms with Gasteiger partial charge in [-0.3, -0.25) is 0 Å². The van der Waals surface area contributed by atoms with Gasteiger partial charge in [0.15, 0.2) is 0 Å². The summed E-state index contributed by atoms with van der Waals surface area (Å²) in [5.74, 6) is 0.396. The Morgan fingerprint density at radius 2 is 2.12 bits per heavy atom. The van der Waals surface area contributed by atoms with Crippen LogP contribution in [0.4, 0.5) is 4.39 Å². The van der Waals surface area contributed by atoms with Gasteiger partial charge in [0.2, 0.25) is 0 Å². The van der Waals surface area contributed by atoms with E-state index in [1.165, 1.54) is 17.7 Å². The Kier molecular flexibility index (Phi) is 3.98. The lowest BCUT2D eigenvalue weighted by Crippen LogP contribution is -2.17. The molecule has 1 saturated heterocycles. The van der Waals surface area contributed by atoms with E-state index in [0.29, 0.717) is 16.8 Å². The van der Waals surface area contributed by atoms with E-state index in [0.717, 1.165) is 19.4 Å². The van der Waals surface area contributed by atoms with E-state index in [4.69, 9.17) is 4.74 Å². The van der Waals surface area contributed by atoms with E-state index in [2.05, 4.69) is 22.9 Å². The molecule has 0 aliphatic carbocycles. The third-order valence-corrected chi connectivity index (χ3v) is 4.16. The van der Waals surface area contributed by atoms with Gasteiger partial charge >= 0.3 is 0 Å². The van der Waals surface area contributed by atoms with Gasteiger partial charge in [-0.25, -0.2) is 4.39 Å². The third kappa shape index (κ3) is 3.05. The molecular formula is C13H16BrFO. The molecule has 1 heterocycles. The Morgan fingerprint density at radius 3 is 2.69 bits per heavy atom. The van der Waals surface area contributed by atoms with Crippen molar-refractivity contribution in [2.45, 2.75) is 30.7 Å². The maximum atomic E-state index is 12.7.